The van der Waals surface area contributed by atoms with Gasteiger partial charge in [-0.2, -0.15) is 0 Å². The number of hydrogen-bond donors (Lipinski definition) is 0. The number of hydrogen-bond acceptors (Lipinski definition) is 0. The van der Waals surface area contributed by atoms with Gasteiger partial charge in [-0.25, -0.2) is 0 Å². The standard InChI is InChI=1S/C54H36.4Al/c1-53(2,3)43-23-31-9-7-29-15-41-21-37-17-36-20-40-28-48-42(16-30-8-10-32-24-44(54(4,5)6)26-34-12-14-46(48)52(30)50(32)34)22-38(40)18-35(36)19-39(37)27-47(41)45-13-11-33(25-43)49(31)51(29)45;;;;/h9-12,15-28H,1-6H3;;;;. The van der Waals surface area contributed by atoms with Crippen LogP contribution in [0.2, 0.25) is 0 Å². The van der Waals surface area contributed by atoms with E-state index in [2.05, 4.69) is 216 Å². The molecule has 0 bridgehead atoms. The second-order valence-electron chi connectivity index (χ2n) is 19.2. The van der Waals surface area contributed by atoms with E-state index in [0.717, 1.165) is 0 Å². The fourth-order valence-corrected chi connectivity index (χ4v) is 12.1. The molecule has 0 aliphatic carbocycles. The fourth-order valence-electron chi connectivity index (χ4n) is 10.4. The minimum absolute atomic E-state index is 0.0777. The van der Waals surface area contributed by atoms with Crippen molar-refractivity contribution in [3.05, 3.63) is 120 Å². The molecule has 0 saturated heterocycles. The van der Waals surface area contributed by atoms with Crippen molar-refractivity contribution in [1.29, 1.82) is 0 Å². The van der Waals surface area contributed by atoms with E-state index in [1.165, 1.54) is 147 Å². The Morgan fingerprint density at radius 3 is 0.845 bits per heavy atom. The Bertz CT molecular complexity index is 3550. The Labute approximate surface area is 370 Å². The molecule has 0 saturated carbocycles. The molecular weight excluding hydrogens is 757 g/mol. The van der Waals surface area contributed by atoms with Crippen LogP contribution in [0.25, 0.3) is 118 Å². The van der Waals surface area contributed by atoms with Gasteiger partial charge in [0.2, 0.25) is 0 Å². The second-order valence-corrected chi connectivity index (χ2v) is 21.7. The zero-order valence-corrected chi connectivity index (χ0v) is 38.3. The summed E-state index contributed by atoms with van der Waals surface area (Å²) in [6.07, 6.45) is 0. The average Bonchev–Trinajstić information content (AvgIpc) is 3.15. The highest BCUT2D eigenvalue weighted by atomic mass is 27.1. The van der Waals surface area contributed by atoms with Gasteiger partial charge in [-0.05, 0) is 201 Å². The number of fused-ring (bicyclic) bond motifs is 7. The van der Waals surface area contributed by atoms with Crippen LogP contribution in [-0.4, -0.2) is 65.2 Å². The normalized spacial score (nSPS) is 13.3. The minimum atomic E-state index is 0.0777. The summed E-state index contributed by atoms with van der Waals surface area (Å²) in [6, 6.07) is 43.4. The molecular formula is C54H36Al4. The van der Waals surface area contributed by atoms with Crippen molar-refractivity contribution in [1.82, 2.24) is 0 Å². The van der Waals surface area contributed by atoms with E-state index in [1.54, 1.807) is 0 Å². The average molecular weight is 793 g/mol. The highest BCUT2D eigenvalue weighted by molar-refractivity contribution is 6.52. The molecule has 0 aromatic heterocycles. The largest absolute Gasteiger partial charge is 0.176 e. The van der Waals surface area contributed by atoms with Gasteiger partial charge >= 0.3 is 0 Å². The Hall–Kier alpha value is -3.85. The Kier molecular flexibility index (Phi) is 7.40. The maximum atomic E-state index is 3.10. The van der Waals surface area contributed by atoms with Crippen molar-refractivity contribution >= 4 is 201 Å². The quantitative estimate of drug-likeness (QED) is 0.0815. The highest BCUT2D eigenvalue weighted by Crippen LogP contribution is 2.43. The Morgan fingerprint density at radius 2 is 0.517 bits per heavy atom. The molecule has 0 spiro atoms. The molecule has 0 nitrogen and oxygen atoms in total. The van der Waals surface area contributed by atoms with E-state index in [1.807, 2.05) is 0 Å². The maximum Gasteiger partial charge on any atom is 0.176 e. The highest BCUT2D eigenvalue weighted by Gasteiger charge is 2.22. The molecule has 0 atom stereocenters. The first-order valence-corrected chi connectivity index (χ1v) is 22.6. The summed E-state index contributed by atoms with van der Waals surface area (Å²) >= 11 is 12.3. The van der Waals surface area contributed by atoms with Crippen molar-refractivity contribution in [2.45, 2.75) is 52.4 Å². The number of rotatable bonds is 0. The van der Waals surface area contributed by atoms with E-state index >= 15 is 0 Å². The summed E-state index contributed by atoms with van der Waals surface area (Å²) in [5.41, 5.74) is 2.91. The van der Waals surface area contributed by atoms with E-state index < -0.39 is 0 Å². The molecule has 0 fully saturated rings. The van der Waals surface area contributed by atoms with E-state index in [9.17, 15) is 0 Å². The van der Waals surface area contributed by atoms with Crippen LogP contribution in [-0.2, 0) is 10.8 Å². The van der Waals surface area contributed by atoms with Gasteiger partial charge in [0, 0.05) is 0 Å². The van der Waals surface area contributed by atoms with Gasteiger partial charge in [0.05, 0.1) is 0 Å². The predicted octanol–water partition coefficient (Wildman–Crippen LogP) is 11.0. The molecule has 0 amide bonds. The number of benzene rings is 12. The van der Waals surface area contributed by atoms with Crippen molar-refractivity contribution < 1.29 is 0 Å². The first kappa shape index (κ1) is 36.0. The third-order valence-electron chi connectivity index (χ3n) is 13.3. The zero-order valence-electron chi connectivity index (χ0n) is 33.7. The molecule has 12 rings (SSSR count). The van der Waals surface area contributed by atoms with Gasteiger partial charge in [0.1, 0.15) is 0 Å². The van der Waals surface area contributed by atoms with Gasteiger partial charge in [0.25, 0.3) is 0 Å². The van der Waals surface area contributed by atoms with Crippen molar-refractivity contribution in [2.24, 2.45) is 0 Å². The lowest BCUT2D eigenvalue weighted by atomic mass is 9.82. The molecule has 0 unspecified atom stereocenters. The van der Waals surface area contributed by atoms with Gasteiger partial charge < -0.3 is 0 Å². The first-order valence-electron chi connectivity index (χ1n) is 20.3. The molecule has 0 heterocycles. The monoisotopic (exact) mass is 792 g/mol. The lowest BCUT2D eigenvalue weighted by Crippen LogP contribution is -2.14. The van der Waals surface area contributed by atoms with E-state index in [4.69, 9.17) is 0 Å². The third-order valence-corrected chi connectivity index (χ3v) is 15.2. The summed E-state index contributed by atoms with van der Waals surface area (Å²) in [6.45, 7) is 13.9. The van der Waals surface area contributed by atoms with E-state index in [0.29, 0.717) is 0 Å². The summed E-state index contributed by atoms with van der Waals surface area (Å²) in [7, 11) is 0. The molecule has 8 radical (unpaired) electrons. The van der Waals surface area contributed by atoms with Crippen LogP contribution >= 0.6 is 0 Å². The van der Waals surface area contributed by atoms with Gasteiger partial charge in [-0.15, -0.1) is 17.7 Å². The topological polar surface area (TPSA) is 0 Å². The van der Waals surface area contributed by atoms with Crippen LogP contribution in [0.4, 0.5) is 0 Å². The van der Waals surface area contributed by atoms with Crippen molar-refractivity contribution in [3.8, 4) is 0 Å². The van der Waals surface area contributed by atoms with Gasteiger partial charge in [-0.1, -0.05) is 90.1 Å². The molecule has 58 heavy (non-hydrogen) atoms. The summed E-state index contributed by atoms with van der Waals surface area (Å²) < 4.78 is 5.02. The van der Waals surface area contributed by atoms with E-state index in [-0.39, 0.29) is 10.8 Å². The Morgan fingerprint density at radius 1 is 0.241 bits per heavy atom. The molecule has 12 aromatic carbocycles. The molecule has 0 N–H and O–H groups in total. The first-order chi connectivity index (χ1) is 27.6. The zero-order chi connectivity index (χ0) is 39.9. The van der Waals surface area contributed by atoms with Crippen LogP contribution in [0.1, 0.15) is 52.7 Å². The minimum Gasteiger partial charge on any atom is -0.131 e. The third kappa shape index (κ3) is 5.06. The van der Waals surface area contributed by atoms with Crippen LogP contribution in [0.15, 0.2) is 109 Å². The predicted molar refractivity (Wildman–Crippen MR) is 260 cm³/mol. The van der Waals surface area contributed by atoms with Crippen LogP contribution < -0.4 is 17.7 Å². The Balaban J connectivity index is 1.10. The van der Waals surface area contributed by atoms with Crippen LogP contribution in [0, 0.1) is 0 Å². The second kappa shape index (κ2) is 11.9. The van der Waals surface area contributed by atoms with Crippen LogP contribution in [0.3, 0.4) is 0 Å². The summed E-state index contributed by atoms with van der Waals surface area (Å²) in [5, 5.41) is 29.0. The van der Waals surface area contributed by atoms with Gasteiger partial charge in [-0.3, -0.25) is 0 Å². The summed E-state index contributed by atoms with van der Waals surface area (Å²) in [5.74, 6) is 0. The molecule has 0 aliphatic heterocycles. The molecule has 12 aromatic rings. The van der Waals surface area contributed by atoms with Crippen molar-refractivity contribution in [2.75, 3.05) is 0 Å². The summed E-state index contributed by atoms with van der Waals surface area (Å²) in [4.78, 5) is 0. The molecule has 0 aliphatic rings. The van der Waals surface area contributed by atoms with Crippen LogP contribution in [0.5, 0.6) is 0 Å². The smallest absolute Gasteiger partial charge is 0.131 e. The lowest BCUT2D eigenvalue weighted by Gasteiger charge is -2.24. The fraction of sp³-hybridized carbons (Fsp3) is 0.148. The maximum absolute atomic E-state index is 3.10. The molecule has 264 valence electrons. The SMILES string of the molecule is CC(C)(C)c1cc2c[c]([Al])c3cc4cc5cc6cc7cc8c(cc7cc6cc5cc4c4[c]([Al])cc(c1)c2c34)cc1[c]([Al])cc2cc(C(C)(C)C)cc3c[c]([Al])c8c1c23. The lowest BCUT2D eigenvalue weighted by molar-refractivity contribution is 0.591. The molecule has 4 heteroatoms. The van der Waals surface area contributed by atoms with Gasteiger partial charge in [0.15, 0.2) is 65.2 Å². The van der Waals surface area contributed by atoms with Crippen molar-refractivity contribution in [3.63, 3.8) is 0 Å².